The second kappa shape index (κ2) is 6.75. The number of rotatable bonds is 6. The van der Waals surface area contributed by atoms with Gasteiger partial charge in [-0.3, -0.25) is 9.69 Å². The number of ketones is 1. The molecule has 0 radical (unpaired) electrons. The Labute approximate surface area is 120 Å². The smallest absolute Gasteiger partial charge is 0.161 e. The average Bonchev–Trinajstić information content (AvgIpc) is 2.94. The van der Waals surface area contributed by atoms with Gasteiger partial charge in [-0.1, -0.05) is 13.0 Å². The van der Waals surface area contributed by atoms with Crippen LogP contribution in [0.5, 0.6) is 11.5 Å². The number of nitrogens with zero attached hydrogens (tertiary/aromatic N) is 1. The maximum absolute atomic E-state index is 11.7. The number of hydrogen-bond donors (Lipinski definition) is 0. The molecule has 110 valence electrons. The second-order valence-corrected chi connectivity index (χ2v) is 5.23. The number of ether oxygens (including phenoxy) is 2. The topological polar surface area (TPSA) is 38.8 Å². The Morgan fingerprint density at radius 2 is 2.05 bits per heavy atom. The molecule has 0 amide bonds. The van der Waals surface area contributed by atoms with Crippen LogP contribution in [0.25, 0.3) is 0 Å². The zero-order chi connectivity index (χ0) is 14.5. The van der Waals surface area contributed by atoms with Gasteiger partial charge in [0.05, 0.1) is 14.2 Å². The zero-order valence-electron chi connectivity index (χ0n) is 12.5. The Morgan fingerprint density at radius 3 is 2.70 bits per heavy atom. The molecule has 1 saturated heterocycles. The Morgan fingerprint density at radius 1 is 1.30 bits per heavy atom. The van der Waals surface area contributed by atoms with Gasteiger partial charge < -0.3 is 9.47 Å². The van der Waals surface area contributed by atoms with Gasteiger partial charge >= 0.3 is 0 Å². The lowest BCUT2D eigenvalue weighted by molar-refractivity contribution is -0.122. The van der Waals surface area contributed by atoms with Crippen molar-refractivity contribution in [1.82, 2.24) is 4.90 Å². The van der Waals surface area contributed by atoms with Crippen molar-refractivity contribution in [2.75, 3.05) is 27.3 Å². The van der Waals surface area contributed by atoms with Crippen LogP contribution < -0.4 is 9.47 Å². The first-order chi connectivity index (χ1) is 9.67. The molecule has 0 aromatic heterocycles. The minimum Gasteiger partial charge on any atom is -0.493 e. The molecule has 1 heterocycles. The highest BCUT2D eigenvalue weighted by Crippen LogP contribution is 2.29. The number of Topliss-reactive ketones (excluding diaryl/α,β-unsaturated/α-hetero) is 1. The predicted molar refractivity (Wildman–Crippen MR) is 78.2 cm³/mol. The van der Waals surface area contributed by atoms with Gasteiger partial charge in [-0.15, -0.1) is 0 Å². The van der Waals surface area contributed by atoms with Gasteiger partial charge in [-0.05, 0) is 30.7 Å². The van der Waals surface area contributed by atoms with Crippen LogP contribution in [0.2, 0.25) is 0 Å². The molecule has 0 bridgehead atoms. The minimum absolute atomic E-state index is 0.222. The quantitative estimate of drug-likeness (QED) is 0.801. The molecular formula is C16H23NO3. The van der Waals surface area contributed by atoms with Crippen molar-refractivity contribution in [1.29, 1.82) is 0 Å². The first kappa shape index (κ1) is 14.9. The number of methoxy groups -OCH3 is 2. The lowest BCUT2D eigenvalue weighted by Crippen LogP contribution is -2.22. The summed E-state index contributed by atoms with van der Waals surface area (Å²) >= 11 is 0. The van der Waals surface area contributed by atoms with Gasteiger partial charge in [-0.2, -0.15) is 0 Å². The molecule has 2 rings (SSSR count). The normalized spacial score (nSPS) is 19.1. The van der Waals surface area contributed by atoms with Gasteiger partial charge in [-0.25, -0.2) is 0 Å². The molecule has 1 aliphatic rings. The molecule has 0 saturated carbocycles. The summed E-state index contributed by atoms with van der Waals surface area (Å²) < 4.78 is 10.6. The van der Waals surface area contributed by atoms with Crippen molar-refractivity contribution in [3.63, 3.8) is 0 Å². The maximum atomic E-state index is 11.7. The maximum Gasteiger partial charge on any atom is 0.161 e. The first-order valence-corrected chi connectivity index (χ1v) is 7.13. The van der Waals surface area contributed by atoms with Crippen molar-refractivity contribution in [3.8, 4) is 11.5 Å². The standard InChI is InChI=1S/C16H23NO3/c1-4-14(18)13-7-8-17(11-13)10-12-5-6-15(19-2)16(9-12)20-3/h5-6,9,13H,4,7-8,10-11H2,1-3H3. The summed E-state index contributed by atoms with van der Waals surface area (Å²) in [6.07, 6.45) is 1.63. The number of likely N-dealkylation sites (tertiary alicyclic amines) is 1. The van der Waals surface area contributed by atoms with Crippen molar-refractivity contribution in [3.05, 3.63) is 23.8 Å². The van der Waals surface area contributed by atoms with E-state index in [0.29, 0.717) is 12.2 Å². The van der Waals surface area contributed by atoms with E-state index in [1.165, 1.54) is 5.56 Å². The molecule has 1 aromatic rings. The highest BCUT2D eigenvalue weighted by atomic mass is 16.5. The molecule has 1 atom stereocenters. The summed E-state index contributed by atoms with van der Waals surface area (Å²) in [5.74, 6) is 2.11. The summed E-state index contributed by atoms with van der Waals surface area (Å²) in [6.45, 7) is 4.67. The van der Waals surface area contributed by atoms with E-state index in [2.05, 4.69) is 11.0 Å². The van der Waals surface area contributed by atoms with Crippen LogP contribution in [0.1, 0.15) is 25.3 Å². The monoisotopic (exact) mass is 277 g/mol. The summed E-state index contributed by atoms with van der Waals surface area (Å²) in [5.41, 5.74) is 1.19. The summed E-state index contributed by atoms with van der Waals surface area (Å²) in [4.78, 5) is 14.1. The number of benzene rings is 1. The van der Waals surface area contributed by atoms with E-state index in [-0.39, 0.29) is 5.92 Å². The highest BCUT2D eigenvalue weighted by molar-refractivity contribution is 5.81. The molecule has 0 spiro atoms. The molecular weight excluding hydrogens is 254 g/mol. The summed E-state index contributed by atoms with van der Waals surface area (Å²) in [5, 5.41) is 0. The van der Waals surface area contributed by atoms with E-state index in [1.807, 2.05) is 19.1 Å². The Hall–Kier alpha value is -1.55. The van der Waals surface area contributed by atoms with E-state index >= 15 is 0 Å². The van der Waals surface area contributed by atoms with Crippen LogP contribution in [0.15, 0.2) is 18.2 Å². The lowest BCUT2D eigenvalue weighted by atomic mass is 10.0. The Bertz CT molecular complexity index is 473. The van der Waals surface area contributed by atoms with E-state index in [1.54, 1.807) is 14.2 Å². The van der Waals surface area contributed by atoms with Crippen molar-refractivity contribution < 1.29 is 14.3 Å². The molecule has 1 aliphatic heterocycles. The van der Waals surface area contributed by atoms with Crippen LogP contribution in [0.4, 0.5) is 0 Å². The fourth-order valence-electron chi connectivity index (χ4n) is 2.76. The third-order valence-electron chi connectivity index (χ3n) is 3.93. The Kier molecular flexibility index (Phi) is 5.01. The molecule has 20 heavy (non-hydrogen) atoms. The number of carbonyl (C=O) groups is 1. The van der Waals surface area contributed by atoms with Crippen LogP contribution in [0, 0.1) is 5.92 Å². The highest BCUT2D eigenvalue weighted by Gasteiger charge is 2.26. The van der Waals surface area contributed by atoms with Crippen LogP contribution in [-0.4, -0.2) is 38.0 Å². The molecule has 4 heteroatoms. The van der Waals surface area contributed by atoms with Crippen LogP contribution >= 0.6 is 0 Å². The molecule has 4 nitrogen and oxygen atoms in total. The van der Waals surface area contributed by atoms with Gasteiger partial charge in [0.25, 0.3) is 0 Å². The van der Waals surface area contributed by atoms with Gasteiger partial charge in [0.15, 0.2) is 11.5 Å². The van der Waals surface area contributed by atoms with Gasteiger partial charge in [0, 0.05) is 25.4 Å². The van der Waals surface area contributed by atoms with Gasteiger partial charge in [0.1, 0.15) is 5.78 Å². The van der Waals surface area contributed by atoms with E-state index in [0.717, 1.165) is 37.6 Å². The predicted octanol–water partition coefficient (Wildman–Crippen LogP) is 2.50. The van der Waals surface area contributed by atoms with E-state index in [9.17, 15) is 4.79 Å². The SMILES string of the molecule is CCC(=O)C1CCN(Cc2ccc(OC)c(OC)c2)C1. The molecule has 1 fully saturated rings. The van der Waals surface area contributed by atoms with Crippen LogP contribution in [0.3, 0.4) is 0 Å². The molecule has 1 aromatic carbocycles. The largest absolute Gasteiger partial charge is 0.493 e. The fourth-order valence-corrected chi connectivity index (χ4v) is 2.76. The summed E-state index contributed by atoms with van der Waals surface area (Å²) in [6, 6.07) is 5.99. The minimum atomic E-state index is 0.222. The van der Waals surface area contributed by atoms with E-state index < -0.39 is 0 Å². The molecule has 0 N–H and O–H groups in total. The Balaban J connectivity index is 1.99. The van der Waals surface area contributed by atoms with Crippen molar-refractivity contribution in [2.24, 2.45) is 5.92 Å². The third kappa shape index (κ3) is 3.31. The fraction of sp³-hybridized carbons (Fsp3) is 0.562. The molecule has 1 unspecified atom stereocenters. The second-order valence-electron chi connectivity index (χ2n) is 5.23. The van der Waals surface area contributed by atoms with Crippen LogP contribution in [-0.2, 0) is 11.3 Å². The number of carbonyl (C=O) groups excluding carboxylic acids is 1. The van der Waals surface area contributed by atoms with Crippen molar-refractivity contribution in [2.45, 2.75) is 26.3 Å². The van der Waals surface area contributed by atoms with Crippen molar-refractivity contribution >= 4 is 5.78 Å². The number of hydrogen-bond acceptors (Lipinski definition) is 4. The third-order valence-corrected chi connectivity index (χ3v) is 3.93. The zero-order valence-corrected chi connectivity index (χ0v) is 12.5. The van der Waals surface area contributed by atoms with Gasteiger partial charge in [0.2, 0.25) is 0 Å². The molecule has 0 aliphatic carbocycles. The van der Waals surface area contributed by atoms with E-state index in [4.69, 9.17) is 9.47 Å². The lowest BCUT2D eigenvalue weighted by Gasteiger charge is -2.17. The first-order valence-electron chi connectivity index (χ1n) is 7.13. The average molecular weight is 277 g/mol. The summed E-state index contributed by atoms with van der Waals surface area (Å²) in [7, 11) is 3.28.